The maximum Gasteiger partial charge on any atom is 0.236 e. The average molecular weight is 275 g/mol. The van der Waals surface area contributed by atoms with E-state index in [9.17, 15) is 9.18 Å². The highest BCUT2D eigenvalue weighted by Gasteiger charge is 2.31. The average Bonchev–Trinajstić information content (AvgIpc) is 2.23. The van der Waals surface area contributed by atoms with Crippen LogP contribution in [0.2, 0.25) is 5.02 Å². The molecule has 0 fully saturated rings. The minimum Gasteiger partial charge on any atom is -0.392 e. The predicted molar refractivity (Wildman–Crippen MR) is 70.6 cm³/mol. The molecule has 17 heavy (non-hydrogen) atoms. The van der Waals surface area contributed by atoms with E-state index in [0.29, 0.717) is 0 Å². The van der Waals surface area contributed by atoms with Gasteiger partial charge in [-0.15, -0.1) is 0 Å². The smallest absolute Gasteiger partial charge is 0.236 e. The molecule has 0 aliphatic carbocycles. The van der Waals surface area contributed by atoms with Gasteiger partial charge in [-0.3, -0.25) is 4.79 Å². The zero-order chi connectivity index (χ0) is 13.2. The summed E-state index contributed by atoms with van der Waals surface area (Å²) in [5.74, 6) is -0.921. The van der Waals surface area contributed by atoms with Crippen molar-refractivity contribution in [1.82, 2.24) is 0 Å². The first-order valence-corrected chi connectivity index (χ1v) is 5.60. The Morgan fingerprint density at radius 2 is 2.12 bits per heavy atom. The topological polar surface area (TPSA) is 55.1 Å². The number of thiocarbonyl (C=S) groups is 1. The first-order chi connectivity index (χ1) is 7.75. The molecule has 1 aromatic carbocycles. The molecule has 0 aliphatic heterocycles. The molecule has 0 saturated heterocycles. The van der Waals surface area contributed by atoms with Crippen LogP contribution < -0.4 is 11.1 Å². The number of anilines is 1. The van der Waals surface area contributed by atoms with Crippen LogP contribution in [0, 0.1) is 11.2 Å². The van der Waals surface area contributed by atoms with Crippen LogP contribution in [0.25, 0.3) is 0 Å². The molecule has 0 unspecified atom stereocenters. The van der Waals surface area contributed by atoms with Crippen molar-refractivity contribution < 1.29 is 9.18 Å². The number of amides is 1. The SMILES string of the molecule is CC(C)(C(=O)Nc1cc(F)ccc1Cl)C(N)=S. The molecule has 0 aliphatic rings. The molecule has 0 bridgehead atoms. The van der Waals surface area contributed by atoms with Crippen LogP contribution >= 0.6 is 23.8 Å². The van der Waals surface area contributed by atoms with Crippen LogP contribution in [-0.4, -0.2) is 10.9 Å². The monoisotopic (exact) mass is 274 g/mol. The third-order valence-electron chi connectivity index (χ3n) is 2.36. The van der Waals surface area contributed by atoms with Gasteiger partial charge < -0.3 is 11.1 Å². The predicted octanol–water partition coefficient (Wildman–Crippen LogP) is 2.73. The van der Waals surface area contributed by atoms with Crippen LogP contribution in [0.1, 0.15) is 13.8 Å². The number of hydrogen-bond donors (Lipinski definition) is 2. The lowest BCUT2D eigenvalue weighted by atomic mass is 9.92. The van der Waals surface area contributed by atoms with E-state index >= 15 is 0 Å². The zero-order valence-corrected chi connectivity index (χ0v) is 11.0. The third kappa shape index (κ3) is 3.14. The molecule has 0 radical (unpaired) electrons. The quantitative estimate of drug-likeness (QED) is 0.834. The lowest BCUT2D eigenvalue weighted by molar-refractivity contribution is -0.121. The minimum absolute atomic E-state index is 0.0579. The van der Waals surface area contributed by atoms with Gasteiger partial charge in [-0.25, -0.2) is 4.39 Å². The molecule has 92 valence electrons. The molecule has 1 aromatic rings. The van der Waals surface area contributed by atoms with Gasteiger partial charge >= 0.3 is 0 Å². The highest BCUT2D eigenvalue weighted by Crippen LogP contribution is 2.25. The van der Waals surface area contributed by atoms with Crippen molar-refractivity contribution in [2.75, 3.05) is 5.32 Å². The molecule has 6 heteroatoms. The number of carbonyl (C=O) groups is 1. The number of rotatable bonds is 3. The van der Waals surface area contributed by atoms with Crippen LogP contribution in [0.5, 0.6) is 0 Å². The van der Waals surface area contributed by atoms with E-state index in [0.717, 1.165) is 6.07 Å². The van der Waals surface area contributed by atoms with Crippen LogP contribution in [0.15, 0.2) is 18.2 Å². The first-order valence-electron chi connectivity index (χ1n) is 4.81. The highest BCUT2D eigenvalue weighted by molar-refractivity contribution is 7.80. The summed E-state index contributed by atoms with van der Waals surface area (Å²) in [7, 11) is 0. The summed E-state index contributed by atoms with van der Waals surface area (Å²) in [5.41, 5.74) is 4.63. The second kappa shape index (κ2) is 4.98. The Labute approximate surface area is 109 Å². The van der Waals surface area contributed by atoms with E-state index in [1.165, 1.54) is 12.1 Å². The largest absolute Gasteiger partial charge is 0.392 e. The summed E-state index contributed by atoms with van der Waals surface area (Å²) in [6.45, 7) is 3.16. The maximum atomic E-state index is 13.0. The van der Waals surface area contributed by atoms with Gasteiger partial charge in [-0.2, -0.15) is 0 Å². The Morgan fingerprint density at radius 1 is 1.53 bits per heavy atom. The van der Waals surface area contributed by atoms with Crippen molar-refractivity contribution in [3.05, 3.63) is 29.0 Å². The Balaban J connectivity index is 2.96. The molecule has 0 atom stereocenters. The first kappa shape index (κ1) is 13.9. The Morgan fingerprint density at radius 3 is 2.65 bits per heavy atom. The van der Waals surface area contributed by atoms with Crippen molar-refractivity contribution in [3.8, 4) is 0 Å². The zero-order valence-electron chi connectivity index (χ0n) is 9.38. The molecule has 0 aromatic heterocycles. The summed E-state index contributed by atoms with van der Waals surface area (Å²) in [6.07, 6.45) is 0. The summed E-state index contributed by atoms with van der Waals surface area (Å²) >= 11 is 10.6. The van der Waals surface area contributed by atoms with E-state index < -0.39 is 17.1 Å². The van der Waals surface area contributed by atoms with E-state index in [1.54, 1.807) is 13.8 Å². The molecular weight excluding hydrogens is 263 g/mol. The van der Waals surface area contributed by atoms with Gasteiger partial charge in [-0.1, -0.05) is 23.8 Å². The number of benzene rings is 1. The van der Waals surface area contributed by atoms with Crippen molar-refractivity contribution in [1.29, 1.82) is 0 Å². The fourth-order valence-corrected chi connectivity index (χ4v) is 1.24. The molecule has 3 N–H and O–H groups in total. The number of hydrogen-bond acceptors (Lipinski definition) is 2. The normalized spacial score (nSPS) is 11.1. The molecule has 0 saturated carbocycles. The third-order valence-corrected chi connectivity index (χ3v) is 3.20. The van der Waals surface area contributed by atoms with Crippen LogP contribution in [0.3, 0.4) is 0 Å². The van der Waals surface area contributed by atoms with E-state index in [4.69, 9.17) is 29.6 Å². The van der Waals surface area contributed by atoms with E-state index in [2.05, 4.69) is 5.32 Å². The summed E-state index contributed by atoms with van der Waals surface area (Å²) in [4.78, 5) is 11.9. The van der Waals surface area contributed by atoms with Crippen molar-refractivity contribution in [2.24, 2.45) is 11.1 Å². The van der Waals surface area contributed by atoms with Gasteiger partial charge in [0, 0.05) is 0 Å². The van der Waals surface area contributed by atoms with Gasteiger partial charge in [0.15, 0.2) is 0 Å². The summed E-state index contributed by atoms with van der Waals surface area (Å²) < 4.78 is 13.0. The fourth-order valence-electron chi connectivity index (χ4n) is 0.984. The van der Waals surface area contributed by atoms with Gasteiger partial charge in [0.2, 0.25) is 5.91 Å². The Hall–Kier alpha value is -1.20. The molecule has 1 rings (SSSR count). The molecule has 0 spiro atoms. The number of nitrogens with one attached hydrogen (secondary N) is 1. The number of carbonyl (C=O) groups excluding carboxylic acids is 1. The Bertz CT molecular complexity index is 477. The second-order valence-electron chi connectivity index (χ2n) is 4.07. The Kier molecular flexibility index (Phi) is 4.06. The lowest BCUT2D eigenvalue weighted by Gasteiger charge is -2.22. The number of halogens is 2. The standard InChI is InChI=1S/C11H12ClFN2OS/c1-11(2,9(14)17)10(16)15-8-5-6(13)3-4-7(8)12/h3-5H,1-2H3,(H2,14,17)(H,15,16). The summed E-state index contributed by atoms with van der Waals surface area (Å²) in [6, 6.07) is 3.70. The molecule has 0 heterocycles. The fraction of sp³-hybridized carbons (Fsp3) is 0.273. The maximum absolute atomic E-state index is 13.0. The lowest BCUT2D eigenvalue weighted by Crippen LogP contribution is -2.41. The molecule has 3 nitrogen and oxygen atoms in total. The van der Waals surface area contributed by atoms with Crippen molar-refractivity contribution in [2.45, 2.75) is 13.8 Å². The highest BCUT2D eigenvalue weighted by atomic mass is 35.5. The van der Waals surface area contributed by atoms with Gasteiger partial charge in [0.25, 0.3) is 0 Å². The van der Waals surface area contributed by atoms with Gasteiger partial charge in [-0.05, 0) is 32.0 Å². The molecule has 1 amide bonds. The van der Waals surface area contributed by atoms with Crippen LogP contribution in [-0.2, 0) is 4.79 Å². The van der Waals surface area contributed by atoms with Crippen molar-refractivity contribution in [3.63, 3.8) is 0 Å². The van der Waals surface area contributed by atoms with Crippen LogP contribution in [0.4, 0.5) is 10.1 Å². The number of nitrogens with two attached hydrogens (primary N) is 1. The van der Waals surface area contributed by atoms with E-state index in [1.807, 2.05) is 0 Å². The van der Waals surface area contributed by atoms with Gasteiger partial charge in [0.05, 0.1) is 21.1 Å². The van der Waals surface area contributed by atoms with Crippen molar-refractivity contribution >= 4 is 40.4 Å². The van der Waals surface area contributed by atoms with Gasteiger partial charge in [0.1, 0.15) is 5.82 Å². The second-order valence-corrected chi connectivity index (χ2v) is 4.91. The van der Waals surface area contributed by atoms with E-state index in [-0.39, 0.29) is 15.7 Å². The summed E-state index contributed by atoms with van der Waals surface area (Å²) in [5, 5.41) is 2.74. The molecular formula is C11H12ClFN2OS. The minimum atomic E-state index is -1.02.